The molecule has 0 amide bonds. The molecule has 0 bridgehead atoms. The van der Waals surface area contributed by atoms with Crippen LogP contribution in [-0.4, -0.2) is 19.3 Å². The molecule has 2 heteroatoms. The Kier molecular flexibility index (Phi) is 9.16. The van der Waals surface area contributed by atoms with Crippen molar-refractivity contribution in [1.82, 2.24) is 4.57 Å². The van der Waals surface area contributed by atoms with Crippen LogP contribution in [-0.2, 0) is 0 Å². The Balaban J connectivity index is 2.75. The van der Waals surface area contributed by atoms with Crippen molar-refractivity contribution in [3.63, 3.8) is 0 Å². The zero-order valence-electron chi connectivity index (χ0n) is 16.4. The topological polar surface area (TPSA) is 3.24 Å². The minimum Gasteiger partial charge on any atom is -0.317 e. The molecule has 23 heavy (non-hydrogen) atoms. The van der Waals surface area contributed by atoms with E-state index in [0.29, 0.717) is 12.0 Å². The van der Waals surface area contributed by atoms with E-state index in [0.717, 1.165) is 0 Å². The van der Waals surface area contributed by atoms with Gasteiger partial charge in [0.25, 0.3) is 0 Å². The van der Waals surface area contributed by atoms with E-state index in [2.05, 4.69) is 75.3 Å². The minimum absolute atomic E-state index is 0.568. The van der Waals surface area contributed by atoms with E-state index in [1.165, 1.54) is 50.6 Å². The molecule has 0 heterocycles. The third-order valence-electron chi connectivity index (χ3n) is 4.72. The number of unbranched alkanes of at least 4 members (excludes halogenated alkanes) is 5. The maximum Gasteiger partial charge on any atom is 0.119 e. The fraction of sp³-hybridized carbons (Fsp3) is 0.714. The fourth-order valence-electron chi connectivity index (χ4n) is 3.53. The highest BCUT2D eigenvalue weighted by Crippen LogP contribution is 2.33. The molecule has 1 rings (SSSR count). The number of hydrogen-bond donors (Lipinski definition) is 0. The van der Waals surface area contributed by atoms with E-state index >= 15 is 0 Å². The van der Waals surface area contributed by atoms with Crippen LogP contribution in [0, 0.1) is 5.92 Å². The van der Waals surface area contributed by atoms with Crippen molar-refractivity contribution in [3.05, 3.63) is 35.9 Å². The Morgan fingerprint density at radius 1 is 0.870 bits per heavy atom. The zero-order chi connectivity index (χ0) is 17.3. The summed E-state index contributed by atoms with van der Waals surface area (Å²) >= 11 is 0. The van der Waals surface area contributed by atoms with E-state index in [1.54, 1.807) is 0 Å². The van der Waals surface area contributed by atoms with Gasteiger partial charge in [-0.2, -0.15) is 0 Å². The van der Waals surface area contributed by atoms with Gasteiger partial charge in [0.15, 0.2) is 0 Å². The van der Waals surface area contributed by atoms with Crippen LogP contribution in [0.4, 0.5) is 0 Å². The third-order valence-corrected chi connectivity index (χ3v) is 6.95. The second-order valence-corrected chi connectivity index (χ2v) is 13.1. The molecule has 0 aliphatic heterocycles. The van der Waals surface area contributed by atoms with Crippen molar-refractivity contribution in [3.8, 4) is 0 Å². The predicted octanol–water partition coefficient (Wildman–Crippen LogP) is 6.88. The highest BCUT2D eigenvalue weighted by atomic mass is 28.3. The lowest BCUT2D eigenvalue weighted by molar-refractivity contribution is 0.250. The van der Waals surface area contributed by atoms with Crippen LogP contribution in [0.2, 0.25) is 19.6 Å². The summed E-state index contributed by atoms with van der Waals surface area (Å²) in [6.07, 6.45) is 8.30. The fourth-order valence-corrected chi connectivity index (χ4v) is 5.64. The maximum absolute atomic E-state index is 2.87. The summed E-state index contributed by atoms with van der Waals surface area (Å²) < 4.78 is 2.87. The Labute approximate surface area is 146 Å². The smallest absolute Gasteiger partial charge is 0.119 e. The van der Waals surface area contributed by atoms with Gasteiger partial charge in [-0.05, 0) is 24.4 Å². The molecule has 1 aromatic rings. The molecule has 1 atom stereocenters. The van der Waals surface area contributed by atoms with Crippen LogP contribution in [0.1, 0.15) is 70.9 Å². The van der Waals surface area contributed by atoms with Gasteiger partial charge >= 0.3 is 0 Å². The van der Waals surface area contributed by atoms with E-state index in [4.69, 9.17) is 0 Å². The van der Waals surface area contributed by atoms with Gasteiger partial charge in [-0.25, -0.2) is 0 Å². The first-order valence-corrected chi connectivity index (χ1v) is 13.1. The summed E-state index contributed by atoms with van der Waals surface area (Å²) in [5, 5.41) is 0. The van der Waals surface area contributed by atoms with Gasteiger partial charge in [-0.15, -0.1) is 0 Å². The largest absolute Gasteiger partial charge is 0.317 e. The molecule has 0 spiro atoms. The van der Waals surface area contributed by atoms with Crippen molar-refractivity contribution in [2.45, 2.75) is 85.0 Å². The predicted molar refractivity (Wildman–Crippen MR) is 107 cm³/mol. The van der Waals surface area contributed by atoms with Gasteiger partial charge in [0.1, 0.15) is 8.24 Å². The Morgan fingerprint density at radius 2 is 1.43 bits per heavy atom. The Morgan fingerprint density at radius 3 is 1.96 bits per heavy atom. The van der Waals surface area contributed by atoms with Crippen molar-refractivity contribution < 1.29 is 0 Å². The van der Waals surface area contributed by atoms with Crippen LogP contribution in [0.25, 0.3) is 0 Å². The summed E-state index contributed by atoms with van der Waals surface area (Å²) in [5.41, 5.74) is 1.50. The second-order valence-electron chi connectivity index (χ2n) is 8.23. The highest BCUT2D eigenvalue weighted by Gasteiger charge is 2.32. The Bertz CT molecular complexity index is 408. The molecular weight excluding hydrogens is 294 g/mol. The van der Waals surface area contributed by atoms with Gasteiger partial charge in [0.05, 0.1) is 0 Å². The zero-order valence-corrected chi connectivity index (χ0v) is 17.4. The lowest BCUT2D eigenvalue weighted by atomic mass is 9.96. The number of benzene rings is 1. The van der Waals surface area contributed by atoms with Gasteiger partial charge in [-0.1, -0.05) is 103 Å². The standard InChI is InChI=1S/C21H39NSi/c1-7-8-9-10-11-15-18-22(23(4,5)6)21(19(2)3)20-16-13-12-14-17-20/h12-14,16-17,19,21H,7-11,15,18H2,1-6H3. The molecular formula is C21H39NSi. The maximum atomic E-state index is 2.87. The SMILES string of the molecule is CCCCCCCCN(C(c1ccccc1)C(C)C)[Si](C)(C)C. The third kappa shape index (κ3) is 7.22. The molecule has 1 unspecified atom stereocenters. The molecule has 0 N–H and O–H groups in total. The lowest BCUT2D eigenvalue weighted by Crippen LogP contribution is -2.50. The molecule has 0 aliphatic carbocycles. The minimum atomic E-state index is -1.34. The first kappa shape index (κ1) is 20.4. The highest BCUT2D eigenvalue weighted by molar-refractivity contribution is 6.73. The molecule has 0 saturated carbocycles. The average Bonchev–Trinajstić information content (AvgIpc) is 2.49. The molecule has 0 fully saturated rings. The van der Waals surface area contributed by atoms with Crippen molar-refractivity contribution in [2.75, 3.05) is 6.54 Å². The van der Waals surface area contributed by atoms with Crippen LogP contribution in [0.3, 0.4) is 0 Å². The molecule has 0 aliphatic rings. The van der Waals surface area contributed by atoms with Gasteiger partial charge < -0.3 is 4.57 Å². The van der Waals surface area contributed by atoms with Crippen LogP contribution in [0.5, 0.6) is 0 Å². The lowest BCUT2D eigenvalue weighted by Gasteiger charge is -2.43. The molecule has 132 valence electrons. The van der Waals surface area contributed by atoms with E-state index in [9.17, 15) is 0 Å². The summed E-state index contributed by atoms with van der Waals surface area (Å²) in [6, 6.07) is 11.7. The quantitative estimate of drug-likeness (QED) is 0.315. The van der Waals surface area contributed by atoms with Crippen molar-refractivity contribution >= 4 is 8.24 Å². The summed E-state index contributed by atoms with van der Waals surface area (Å²) in [7, 11) is -1.34. The normalized spacial score (nSPS) is 13.7. The average molecular weight is 334 g/mol. The molecule has 0 aromatic heterocycles. The summed E-state index contributed by atoms with van der Waals surface area (Å²) in [4.78, 5) is 0. The molecule has 1 aromatic carbocycles. The summed E-state index contributed by atoms with van der Waals surface area (Å²) in [5.74, 6) is 0.657. The summed E-state index contributed by atoms with van der Waals surface area (Å²) in [6.45, 7) is 15.8. The first-order chi connectivity index (χ1) is 10.9. The molecule has 0 saturated heterocycles. The van der Waals surface area contributed by atoms with E-state index in [1.807, 2.05) is 0 Å². The molecule has 1 nitrogen and oxygen atoms in total. The van der Waals surface area contributed by atoms with Crippen LogP contribution < -0.4 is 0 Å². The van der Waals surface area contributed by atoms with E-state index < -0.39 is 8.24 Å². The number of nitrogens with zero attached hydrogens (tertiary/aromatic N) is 1. The number of rotatable bonds is 11. The van der Waals surface area contributed by atoms with E-state index in [-0.39, 0.29) is 0 Å². The second kappa shape index (κ2) is 10.3. The van der Waals surface area contributed by atoms with Gasteiger partial charge in [0, 0.05) is 6.04 Å². The van der Waals surface area contributed by atoms with Crippen molar-refractivity contribution in [1.29, 1.82) is 0 Å². The van der Waals surface area contributed by atoms with Gasteiger partial charge in [0.2, 0.25) is 0 Å². The number of hydrogen-bond acceptors (Lipinski definition) is 1. The Hall–Kier alpha value is -0.603. The monoisotopic (exact) mass is 333 g/mol. The van der Waals surface area contributed by atoms with Crippen molar-refractivity contribution in [2.24, 2.45) is 5.92 Å². The molecule has 0 radical (unpaired) electrons. The first-order valence-electron chi connectivity index (χ1n) is 9.69. The van der Waals surface area contributed by atoms with Gasteiger partial charge in [-0.3, -0.25) is 0 Å². The van der Waals surface area contributed by atoms with Crippen LogP contribution >= 0.6 is 0 Å². The van der Waals surface area contributed by atoms with Crippen LogP contribution in [0.15, 0.2) is 30.3 Å².